The van der Waals surface area contributed by atoms with Gasteiger partial charge in [-0.2, -0.15) is 0 Å². The summed E-state index contributed by atoms with van der Waals surface area (Å²) < 4.78 is 24.0. The molecule has 0 aromatic heterocycles. The van der Waals surface area contributed by atoms with E-state index in [9.17, 15) is 8.42 Å². The quantitative estimate of drug-likeness (QED) is 0.850. The Morgan fingerprint density at radius 3 is 2.46 bits per heavy atom. The van der Waals surface area contributed by atoms with E-state index in [1.807, 2.05) is 18.2 Å². The van der Waals surface area contributed by atoms with E-state index in [-0.39, 0.29) is 17.4 Å². The molecule has 5 heteroatoms. The van der Waals surface area contributed by atoms with Crippen LogP contribution >= 0.6 is 0 Å². The van der Waals surface area contributed by atoms with Crippen LogP contribution in [-0.2, 0) is 16.4 Å². The fraction of sp³-hybridized carbons (Fsp3) is 0.429. The van der Waals surface area contributed by atoms with E-state index in [0.717, 1.165) is 25.8 Å². The van der Waals surface area contributed by atoms with Crippen molar-refractivity contribution in [2.24, 2.45) is 16.5 Å². The predicted octanol–water partition coefficient (Wildman–Crippen LogP) is 2.94. The van der Waals surface area contributed by atoms with E-state index in [0.29, 0.717) is 0 Å². The minimum Gasteiger partial charge on any atom is -0.313 e. The van der Waals surface area contributed by atoms with Crippen molar-refractivity contribution < 1.29 is 8.42 Å². The summed E-state index contributed by atoms with van der Waals surface area (Å²) in [7, 11) is -3.53. The summed E-state index contributed by atoms with van der Waals surface area (Å²) in [6.45, 7) is 2.68. The summed E-state index contributed by atoms with van der Waals surface area (Å²) in [6, 6.07) is 19.0. The summed E-state index contributed by atoms with van der Waals surface area (Å²) in [5.41, 5.74) is 3.75. The average Bonchev–Trinajstić information content (AvgIpc) is 3.32. The van der Waals surface area contributed by atoms with E-state index in [1.54, 1.807) is 6.92 Å². The van der Waals surface area contributed by atoms with Crippen molar-refractivity contribution in [3.05, 3.63) is 60.2 Å². The molecule has 1 spiro atoms. The molecule has 0 amide bonds. The van der Waals surface area contributed by atoms with Crippen LogP contribution in [0.5, 0.6) is 0 Å². The van der Waals surface area contributed by atoms with Gasteiger partial charge in [-0.25, -0.2) is 13.6 Å². The monoisotopic (exact) mass is 370 g/mol. The first-order chi connectivity index (χ1) is 12.4. The lowest BCUT2D eigenvalue weighted by Crippen LogP contribution is -2.42. The lowest BCUT2D eigenvalue weighted by atomic mass is 9.82. The highest BCUT2D eigenvalue weighted by Crippen LogP contribution is 2.57. The molecule has 2 fully saturated rings. The minimum atomic E-state index is -3.53. The molecule has 138 valence electrons. The second kappa shape index (κ2) is 6.48. The summed E-state index contributed by atoms with van der Waals surface area (Å²) in [5, 5.41) is 8.60. The molecule has 1 heterocycles. The molecule has 3 N–H and O–H groups in total. The van der Waals surface area contributed by atoms with Crippen molar-refractivity contribution >= 4 is 10.0 Å². The van der Waals surface area contributed by atoms with Gasteiger partial charge in [0.05, 0.1) is 5.25 Å². The maximum Gasteiger partial charge on any atom is 0.212 e. The Kier molecular flexibility index (Phi) is 4.41. The van der Waals surface area contributed by atoms with Crippen LogP contribution < -0.4 is 10.5 Å². The van der Waals surface area contributed by atoms with Crippen LogP contribution in [-0.4, -0.2) is 26.3 Å². The molecule has 0 bridgehead atoms. The number of nitrogens with one attached hydrogen (secondary N) is 1. The molecule has 4 rings (SSSR count). The Labute approximate surface area is 155 Å². The van der Waals surface area contributed by atoms with Crippen LogP contribution in [0.3, 0.4) is 0 Å². The molecular formula is C21H26N2O2S. The summed E-state index contributed by atoms with van der Waals surface area (Å²) >= 11 is 0. The van der Waals surface area contributed by atoms with Crippen LogP contribution in [0.2, 0.25) is 0 Å². The van der Waals surface area contributed by atoms with Gasteiger partial charge in [0.25, 0.3) is 0 Å². The predicted molar refractivity (Wildman–Crippen MR) is 105 cm³/mol. The van der Waals surface area contributed by atoms with Gasteiger partial charge < -0.3 is 5.32 Å². The van der Waals surface area contributed by atoms with Gasteiger partial charge in [0.1, 0.15) is 0 Å². The minimum absolute atomic E-state index is 0.0814. The number of nitrogens with two attached hydrogens (primary N) is 1. The second-order valence-corrected chi connectivity index (χ2v) is 9.86. The largest absolute Gasteiger partial charge is 0.313 e. The van der Waals surface area contributed by atoms with E-state index < -0.39 is 15.3 Å². The van der Waals surface area contributed by atoms with Crippen molar-refractivity contribution in [2.75, 3.05) is 6.54 Å². The standard InChI is InChI=1S/C21H26N2O2S/c1-15(26(22,24)25)20-19(23-14-21(20)10-11-21)13-16-6-5-9-18(12-16)17-7-3-2-4-8-17/h2-9,12,15,19-20,23H,10-11,13-14H2,1H3,(H2,22,24,25). The number of benzene rings is 2. The van der Waals surface area contributed by atoms with E-state index >= 15 is 0 Å². The zero-order valence-corrected chi connectivity index (χ0v) is 15.9. The summed E-state index contributed by atoms with van der Waals surface area (Å²) in [6.07, 6.45) is 3.03. The van der Waals surface area contributed by atoms with E-state index in [4.69, 9.17) is 5.14 Å². The maximum absolute atomic E-state index is 12.0. The molecule has 4 nitrogen and oxygen atoms in total. The van der Waals surface area contributed by atoms with Crippen LogP contribution in [0.15, 0.2) is 54.6 Å². The van der Waals surface area contributed by atoms with Gasteiger partial charge >= 0.3 is 0 Å². The molecule has 1 saturated carbocycles. The number of sulfonamides is 1. The number of primary sulfonamides is 1. The highest BCUT2D eigenvalue weighted by Gasteiger charge is 2.59. The SMILES string of the molecule is CC(C1C(Cc2cccc(-c3ccccc3)c2)NCC12CC2)S(N)(=O)=O. The van der Waals surface area contributed by atoms with Gasteiger partial charge in [0.2, 0.25) is 10.0 Å². The van der Waals surface area contributed by atoms with E-state index in [2.05, 4.69) is 41.7 Å². The zero-order valence-electron chi connectivity index (χ0n) is 15.1. The molecule has 3 unspecified atom stereocenters. The first-order valence-electron chi connectivity index (χ1n) is 9.28. The van der Waals surface area contributed by atoms with Crippen molar-refractivity contribution in [3.63, 3.8) is 0 Å². The first kappa shape index (κ1) is 17.7. The molecular weight excluding hydrogens is 344 g/mol. The lowest BCUT2D eigenvalue weighted by Gasteiger charge is -2.28. The smallest absolute Gasteiger partial charge is 0.212 e. The van der Waals surface area contributed by atoms with Crippen LogP contribution in [0, 0.1) is 11.3 Å². The molecule has 3 atom stereocenters. The third-order valence-electron chi connectivity index (χ3n) is 6.26. The van der Waals surface area contributed by atoms with Gasteiger partial charge in [-0.1, -0.05) is 54.6 Å². The number of hydrogen-bond acceptors (Lipinski definition) is 3. The summed E-state index contributed by atoms with van der Waals surface area (Å²) in [5.74, 6) is 0.0814. The lowest BCUT2D eigenvalue weighted by molar-refractivity contribution is 0.331. The molecule has 2 aromatic rings. The van der Waals surface area contributed by atoms with Gasteiger partial charge in [-0.05, 0) is 54.2 Å². The molecule has 2 aromatic carbocycles. The van der Waals surface area contributed by atoms with Crippen molar-refractivity contribution in [2.45, 2.75) is 37.5 Å². The second-order valence-electron chi connectivity index (χ2n) is 7.94. The van der Waals surface area contributed by atoms with Gasteiger partial charge in [0.15, 0.2) is 0 Å². The molecule has 1 aliphatic carbocycles. The third-order valence-corrected chi connectivity index (χ3v) is 7.59. The molecule has 26 heavy (non-hydrogen) atoms. The van der Waals surface area contributed by atoms with Gasteiger partial charge in [-0.15, -0.1) is 0 Å². The van der Waals surface area contributed by atoms with Crippen LogP contribution in [0.4, 0.5) is 0 Å². The van der Waals surface area contributed by atoms with E-state index in [1.165, 1.54) is 16.7 Å². The van der Waals surface area contributed by atoms with Gasteiger partial charge in [0, 0.05) is 12.6 Å². The first-order valence-corrected chi connectivity index (χ1v) is 10.9. The fourth-order valence-electron chi connectivity index (χ4n) is 4.67. The Bertz CT molecular complexity index is 891. The Balaban J connectivity index is 1.59. The molecule has 2 aliphatic rings. The maximum atomic E-state index is 12.0. The normalized spacial score (nSPS) is 25.3. The molecule has 1 aliphatic heterocycles. The van der Waals surface area contributed by atoms with Gasteiger partial charge in [-0.3, -0.25) is 0 Å². The van der Waals surface area contributed by atoms with Crippen LogP contribution in [0.1, 0.15) is 25.3 Å². The molecule has 1 saturated heterocycles. The molecule has 0 radical (unpaired) electrons. The Hall–Kier alpha value is -1.69. The number of rotatable bonds is 5. The van der Waals surface area contributed by atoms with Crippen LogP contribution in [0.25, 0.3) is 11.1 Å². The van der Waals surface area contributed by atoms with Crippen molar-refractivity contribution in [1.82, 2.24) is 5.32 Å². The highest BCUT2D eigenvalue weighted by molar-refractivity contribution is 7.89. The Morgan fingerprint density at radius 2 is 1.81 bits per heavy atom. The summed E-state index contributed by atoms with van der Waals surface area (Å²) in [4.78, 5) is 0. The Morgan fingerprint density at radius 1 is 1.12 bits per heavy atom. The number of hydrogen-bond donors (Lipinski definition) is 2. The highest BCUT2D eigenvalue weighted by atomic mass is 32.2. The topological polar surface area (TPSA) is 72.2 Å². The third kappa shape index (κ3) is 3.31. The zero-order chi connectivity index (χ0) is 18.4. The fourth-order valence-corrected chi connectivity index (χ4v) is 5.55. The average molecular weight is 371 g/mol. The van der Waals surface area contributed by atoms with Crippen molar-refractivity contribution in [1.29, 1.82) is 0 Å². The van der Waals surface area contributed by atoms with Crippen molar-refractivity contribution in [3.8, 4) is 11.1 Å².